The Labute approximate surface area is 201 Å². The van der Waals surface area contributed by atoms with E-state index in [0.29, 0.717) is 11.5 Å². The molecule has 11 heteroatoms. The van der Waals surface area contributed by atoms with Gasteiger partial charge in [0.1, 0.15) is 17.2 Å². The summed E-state index contributed by atoms with van der Waals surface area (Å²) in [4.78, 5) is 28.0. The highest BCUT2D eigenvalue weighted by atomic mass is 79.9. The molecule has 0 radical (unpaired) electrons. The van der Waals surface area contributed by atoms with E-state index in [0.717, 1.165) is 11.6 Å². The first-order chi connectivity index (χ1) is 16.1. The van der Waals surface area contributed by atoms with Gasteiger partial charge in [0.05, 0.1) is 11.6 Å². The molecule has 0 fully saturated rings. The van der Waals surface area contributed by atoms with Gasteiger partial charge in [-0.3, -0.25) is 9.78 Å². The molecule has 0 spiro atoms. The Morgan fingerprint density at radius 1 is 1.03 bits per heavy atom. The largest absolute Gasteiger partial charge is 0.457 e. The topological polar surface area (TPSA) is 92.4 Å². The molecule has 2 aromatic carbocycles. The summed E-state index contributed by atoms with van der Waals surface area (Å²) in [6, 6.07) is 12.3. The van der Waals surface area contributed by atoms with Crippen LogP contribution < -0.4 is 20.7 Å². The SMILES string of the molecule is CNC(=O)c1cc(Oc2ccc(C(C)NC(=O)Nc3ccc(Br)c(C(F)(F)F)c3)cc2)ccn1. The average Bonchev–Trinajstić information content (AvgIpc) is 2.79. The molecule has 3 rings (SSSR count). The van der Waals surface area contributed by atoms with Gasteiger partial charge in [-0.25, -0.2) is 4.79 Å². The number of urea groups is 1. The smallest absolute Gasteiger partial charge is 0.417 e. The fourth-order valence-electron chi connectivity index (χ4n) is 2.95. The molecule has 7 nitrogen and oxygen atoms in total. The van der Waals surface area contributed by atoms with E-state index < -0.39 is 23.8 Å². The number of hydrogen-bond acceptors (Lipinski definition) is 4. The van der Waals surface area contributed by atoms with Crippen molar-refractivity contribution >= 4 is 33.6 Å². The second-order valence-corrected chi connectivity index (χ2v) is 7.99. The molecule has 34 heavy (non-hydrogen) atoms. The lowest BCUT2D eigenvalue weighted by Crippen LogP contribution is -2.31. The molecule has 3 N–H and O–H groups in total. The quantitative estimate of drug-likeness (QED) is 0.365. The molecule has 1 aromatic heterocycles. The van der Waals surface area contributed by atoms with E-state index in [2.05, 4.69) is 36.9 Å². The third-order valence-electron chi connectivity index (χ3n) is 4.68. The first kappa shape index (κ1) is 25.0. The number of nitrogens with one attached hydrogen (secondary N) is 3. The summed E-state index contributed by atoms with van der Waals surface area (Å²) in [5.74, 6) is 0.598. The van der Waals surface area contributed by atoms with Crippen molar-refractivity contribution in [3.05, 3.63) is 82.1 Å². The van der Waals surface area contributed by atoms with Gasteiger partial charge in [0.2, 0.25) is 0 Å². The summed E-state index contributed by atoms with van der Waals surface area (Å²) in [6.07, 6.45) is -3.09. The molecule has 0 aliphatic rings. The molecule has 1 atom stereocenters. The molecule has 178 valence electrons. The number of aromatic nitrogens is 1. The first-order valence-corrected chi connectivity index (χ1v) is 10.8. The number of ether oxygens (including phenoxy) is 1. The minimum Gasteiger partial charge on any atom is -0.457 e. The van der Waals surface area contributed by atoms with Crippen LogP contribution in [0, 0.1) is 0 Å². The first-order valence-electron chi connectivity index (χ1n) is 9.97. The fourth-order valence-corrected chi connectivity index (χ4v) is 3.43. The van der Waals surface area contributed by atoms with Crippen LogP contribution in [0.15, 0.2) is 65.3 Å². The number of alkyl halides is 3. The third kappa shape index (κ3) is 6.47. The van der Waals surface area contributed by atoms with Gasteiger partial charge in [-0.15, -0.1) is 0 Å². The molecular formula is C23H20BrF3N4O3. The standard InChI is InChI=1S/C23H20BrF3N4O3/c1-13(30-22(33)31-15-5-8-19(24)18(11-15)23(25,26)27)14-3-6-16(7-4-14)34-17-9-10-29-20(12-17)21(32)28-2/h3-13H,1-2H3,(H,28,32)(H2,30,31,33). The van der Waals surface area contributed by atoms with E-state index in [1.54, 1.807) is 37.3 Å². The van der Waals surface area contributed by atoms with Crippen molar-refractivity contribution in [1.29, 1.82) is 0 Å². The van der Waals surface area contributed by atoms with Crippen molar-refractivity contribution in [1.82, 2.24) is 15.6 Å². The number of rotatable bonds is 6. The van der Waals surface area contributed by atoms with Crippen LogP contribution in [0.4, 0.5) is 23.7 Å². The van der Waals surface area contributed by atoms with Gasteiger partial charge in [-0.2, -0.15) is 13.2 Å². The number of halogens is 4. The number of benzene rings is 2. The third-order valence-corrected chi connectivity index (χ3v) is 5.38. The molecule has 3 amide bonds. The van der Waals surface area contributed by atoms with Crippen LogP contribution in [0.25, 0.3) is 0 Å². The van der Waals surface area contributed by atoms with Crippen LogP contribution in [0.3, 0.4) is 0 Å². The lowest BCUT2D eigenvalue weighted by Gasteiger charge is -2.17. The second kappa shape index (κ2) is 10.6. The molecule has 0 bridgehead atoms. The Morgan fingerprint density at radius 2 is 1.74 bits per heavy atom. The molecule has 0 saturated heterocycles. The predicted molar refractivity (Wildman–Crippen MR) is 124 cm³/mol. The highest BCUT2D eigenvalue weighted by molar-refractivity contribution is 9.10. The summed E-state index contributed by atoms with van der Waals surface area (Å²) >= 11 is 2.86. The Balaban J connectivity index is 1.61. The van der Waals surface area contributed by atoms with E-state index in [9.17, 15) is 22.8 Å². The van der Waals surface area contributed by atoms with Crippen molar-refractivity contribution in [2.45, 2.75) is 19.1 Å². The normalized spacial score (nSPS) is 11.9. The van der Waals surface area contributed by atoms with Gasteiger partial charge in [-0.05, 0) is 48.9 Å². The Hall–Kier alpha value is -3.60. The number of pyridine rings is 1. The van der Waals surface area contributed by atoms with Crippen LogP contribution >= 0.6 is 15.9 Å². The van der Waals surface area contributed by atoms with Gasteiger partial charge in [0.25, 0.3) is 5.91 Å². The zero-order valence-electron chi connectivity index (χ0n) is 18.0. The van der Waals surface area contributed by atoms with Crippen LogP contribution in [0.5, 0.6) is 11.5 Å². The van der Waals surface area contributed by atoms with Crippen molar-refractivity contribution in [2.75, 3.05) is 12.4 Å². The van der Waals surface area contributed by atoms with Crippen molar-refractivity contribution < 1.29 is 27.5 Å². The maximum Gasteiger partial charge on any atom is 0.417 e. The predicted octanol–water partition coefficient (Wildman–Crippen LogP) is 5.90. The summed E-state index contributed by atoms with van der Waals surface area (Å²) in [6.45, 7) is 1.73. The summed E-state index contributed by atoms with van der Waals surface area (Å²) < 4.78 is 44.8. The molecule has 1 unspecified atom stereocenters. The monoisotopic (exact) mass is 536 g/mol. The number of carbonyl (C=O) groups excluding carboxylic acids is 2. The Kier molecular flexibility index (Phi) is 7.77. The molecule has 1 heterocycles. The van der Waals surface area contributed by atoms with Crippen molar-refractivity contribution in [3.63, 3.8) is 0 Å². The lowest BCUT2D eigenvalue weighted by molar-refractivity contribution is -0.138. The van der Waals surface area contributed by atoms with Crippen LogP contribution in [-0.2, 0) is 6.18 Å². The van der Waals surface area contributed by atoms with Gasteiger partial charge >= 0.3 is 12.2 Å². The summed E-state index contributed by atoms with van der Waals surface area (Å²) in [5, 5.41) is 7.57. The zero-order chi connectivity index (χ0) is 24.9. The summed E-state index contributed by atoms with van der Waals surface area (Å²) in [5.41, 5.74) is 0.0895. The van der Waals surface area contributed by atoms with E-state index in [4.69, 9.17) is 4.74 Å². The highest BCUT2D eigenvalue weighted by Crippen LogP contribution is 2.36. The number of amides is 3. The minimum absolute atomic E-state index is 0.0115. The molecule has 3 aromatic rings. The number of hydrogen-bond donors (Lipinski definition) is 3. The van der Waals surface area contributed by atoms with Gasteiger partial charge in [0, 0.05) is 29.5 Å². The maximum atomic E-state index is 13.0. The minimum atomic E-state index is -4.55. The Bertz CT molecular complexity index is 1190. The van der Waals surface area contributed by atoms with E-state index in [-0.39, 0.29) is 21.8 Å². The van der Waals surface area contributed by atoms with Gasteiger partial charge in [0.15, 0.2) is 0 Å². The van der Waals surface area contributed by atoms with Crippen LogP contribution in [0.2, 0.25) is 0 Å². The number of carbonyl (C=O) groups is 2. The van der Waals surface area contributed by atoms with Gasteiger partial charge in [-0.1, -0.05) is 28.1 Å². The maximum absolute atomic E-state index is 13.0. The molecular weight excluding hydrogens is 517 g/mol. The Morgan fingerprint density at radius 3 is 2.38 bits per heavy atom. The molecule has 0 saturated carbocycles. The summed E-state index contributed by atoms with van der Waals surface area (Å²) in [7, 11) is 1.50. The van der Waals surface area contributed by atoms with Crippen molar-refractivity contribution in [2.24, 2.45) is 0 Å². The number of nitrogens with zero attached hydrogens (tertiary/aromatic N) is 1. The highest BCUT2D eigenvalue weighted by Gasteiger charge is 2.33. The average molecular weight is 537 g/mol. The number of anilines is 1. The van der Waals surface area contributed by atoms with E-state index in [1.165, 1.54) is 31.4 Å². The second-order valence-electron chi connectivity index (χ2n) is 7.14. The fraction of sp³-hybridized carbons (Fsp3) is 0.174. The van der Waals surface area contributed by atoms with Crippen LogP contribution in [0.1, 0.15) is 34.6 Å². The zero-order valence-corrected chi connectivity index (χ0v) is 19.6. The van der Waals surface area contributed by atoms with E-state index in [1.807, 2.05) is 0 Å². The van der Waals surface area contributed by atoms with Gasteiger partial charge < -0.3 is 20.7 Å². The molecule has 0 aliphatic carbocycles. The van der Waals surface area contributed by atoms with E-state index >= 15 is 0 Å². The van der Waals surface area contributed by atoms with Crippen molar-refractivity contribution in [3.8, 4) is 11.5 Å². The molecule has 0 aliphatic heterocycles. The van der Waals surface area contributed by atoms with Crippen LogP contribution in [-0.4, -0.2) is 24.0 Å². The lowest BCUT2D eigenvalue weighted by atomic mass is 10.1.